The minimum Gasteiger partial charge on any atom is -0.393 e. The summed E-state index contributed by atoms with van der Waals surface area (Å²) in [5, 5.41) is 19.4. The molecule has 0 spiro atoms. The van der Waals surface area contributed by atoms with Gasteiger partial charge in [-0.25, -0.2) is 0 Å². The molecule has 2 N–H and O–H groups in total. The van der Waals surface area contributed by atoms with Crippen LogP contribution in [0.3, 0.4) is 0 Å². The maximum Gasteiger partial charge on any atom is 0.0573 e. The summed E-state index contributed by atoms with van der Waals surface area (Å²) in [5.41, 5.74) is 0. The Hall–Kier alpha value is -0.0800. The van der Waals surface area contributed by atoms with Crippen LogP contribution in [0.15, 0.2) is 0 Å². The van der Waals surface area contributed by atoms with Gasteiger partial charge in [-0.1, -0.05) is 12.8 Å². The standard InChI is InChI=1S/C10H18O2/c11-9-5-6-10(12)8-4-2-1-3-7(8)9/h7-12H,1-6H2/t7-,8-,9-,10-/m1/s1. The van der Waals surface area contributed by atoms with Crippen molar-refractivity contribution in [3.63, 3.8) is 0 Å². The van der Waals surface area contributed by atoms with Gasteiger partial charge in [-0.2, -0.15) is 0 Å². The maximum atomic E-state index is 9.71. The van der Waals surface area contributed by atoms with Gasteiger partial charge in [0.15, 0.2) is 0 Å². The normalized spacial score (nSPS) is 48.5. The molecule has 2 fully saturated rings. The van der Waals surface area contributed by atoms with Gasteiger partial charge in [0, 0.05) is 0 Å². The molecule has 4 atom stereocenters. The second-order valence-corrected chi connectivity index (χ2v) is 4.32. The minimum absolute atomic E-state index is 0.126. The topological polar surface area (TPSA) is 40.5 Å². The molecule has 70 valence electrons. The van der Waals surface area contributed by atoms with Gasteiger partial charge in [-0.3, -0.25) is 0 Å². The fourth-order valence-corrected chi connectivity index (χ4v) is 2.91. The van der Waals surface area contributed by atoms with E-state index in [-0.39, 0.29) is 12.2 Å². The molecule has 0 aliphatic heterocycles. The minimum atomic E-state index is -0.126. The number of aliphatic hydroxyl groups excluding tert-OH is 2. The first kappa shape index (κ1) is 8.52. The predicted octanol–water partition coefficient (Wildman–Crippen LogP) is 1.31. The van der Waals surface area contributed by atoms with Gasteiger partial charge in [0.2, 0.25) is 0 Å². The van der Waals surface area contributed by atoms with Crippen molar-refractivity contribution in [1.29, 1.82) is 0 Å². The van der Waals surface area contributed by atoms with Crippen molar-refractivity contribution in [3.05, 3.63) is 0 Å². The van der Waals surface area contributed by atoms with E-state index >= 15 is 0 Å². The zero-order chi connectivity index (χ0) is 8.55. The van der Waals surface area contributed by atoms with Crippen LogP contribution in [0.5, 0.6) is 0 Å². The van der Waals surface area contributed by atoms with Crippen molar-refractivity contribution < 1.29 is 10.2 Å². The van der Waals surface area contributed by atoms with Crippen molar-refractivity contribution in [2.24, 2.45) is 11.8 Å². The Balaban J connectivity index is 2.05. The number of aliphatic hydroxyl groups is 2. The van der Waals surface area contributed by atoms with Gasteiger partial charge in [0.1, 0.15) is 0 Å². The second kappa shape index (κ2) is 3.35. The summed E-state index contributed by atoms with van der Waals surface area (Å²) >= 11 is 0. The van der Waals surface area contributed by atoms with Crippen molar-refractivity contribution in [2.75, 3.05) is 0 Å². The average Bonchev–Trinajstić information content (AvgIpc) is 2.12. The van der Waals surface area contributed by atoms with E-state index in [2.05, 4.69) is 0 Å². The Morgan fingerprint density at radius 3 is 1.50 bits per heavy atom. The van der Waals surface area contributed by atoms with Crippen LogP contribution in [-0.4, -0.2) is 22.4 Å². The SMILES string of the molecule is O[C@@H]1CC[C@@H](O)[C@@H]2CCCC[C@H]21. The van der Waals surface area contributed by atoms with Crippen LogP contribution in [0.1, 0.15) is 38.5 Å². The molecule has 0 unspecified atom stereocenters. The molecule has 0 amide bonds. The lowest BCUT2D eigenvalue weighted by molar-refractivity contribution is -0.0608. The molecule has 0 aromatic heterocycles. The van der Waals surface area contributed by atoms with Gasteiger partial charge in [-0.15, -0.1) is 0 Å². The summed E-state index contributed by atoms with van der Waals surface area (Å²) in [4.78, 5) is 0. The number of hydrogen-bond donors (Lipinski definition) is 2. The van der Waals surface area contributed by atoms with Crippen LogP contribution < -0.4 is 0 Å². The Bertz CT molecular complexity index is 140. The van der Waals surface area contributed by atoms with Gasteiger partial charge in [0.25, 0.3) is 0 Å². The van der Waals surface area contributed by atoms with E-state index in [1.165, 1.54) is 12.8 Å². The highest BCUT2D eigenvalue weighted by Gasteiger charge is 2.38. The van der Waals surface area contributed by atoms with Crippen LogP contribution in [-0.2, 0) is 0 Å². The lowest BCUT2D eigenvalue weighted by Gasteiger charge is -2.41. The lowest BCUT2D eigenvalue weighted by Crippen LogP contribution is -2.42. The highest BCUT2D eigenvalue weighted by atomic mass is 16.3. The molecule has 2 heteroatoms. The quantitative estimate of drug-likeness (QED) is 0.575. The third-order valence-electron chi connectivity index (χ3n) is 3.62. The van der Waals surface area contributed by atoms with Gasteiger partial charge in [0.05, 0.1) is 12.2 Å². The second-order valence-electron chi connectivity index (χ2n) is 4.32. The molecule has 12 heavy (non-hydrogen) atoms. The van der Waals surface area contributed by atoms with Crippen molar-refractivity contribution in [1.82, 2.24) is 0 Å². The Morgan fingerprint density at radius 1 is 0.667 bits per heavy atom. The van der Waals surface area contributed by atoms with E-state index in [9.17, 15) is 10.2 Å². The van der Waals surface area contributed by atoms with Crippen LogP contribution in [0, 0.1) is 11.8 Å². The largest absolute Gasteiger partial charge is 0.393 e. The summed E-state index contributed by atoms with van der Waals surface area (Å²) in [6.45, 7) is 0. The molecule has 2 aliphatic carbocycles. The molecule has 0 bridgehead atoms. The van der Waals surface area contributed by atoms with Gasteiger partial charge < -0.3 is 10.2 Å². The van der Waals surface area contributed by atoms with E-state index in [1.54, 1.807) is 0 Å². The van der Waals surface area contributed by atoms with E-state index < -0.39 is 0 Å². The van der Waals surface area contributed by atoms with Crippen LogP contribution >= 0.6 is 0 Å². The van der Waals surface area contributed by atoms with Crippen LogP contribution in [0.4, 0.5) is 0 Å². The summed E-state index contributed by atoms with van der Waals surface area (Å²) in [5.74, 6) is 0.810. The van der Waals surface area contributed by atoms with Gasteiger partial charge >= 0.3 is 0 Å². The van der Waals surface area contributed by atoms with Gasteiger partial charge in [-0.05, 0) is 37.5 Å². The number of hydrogen-bond acceptors (Lipinski definition) is 2. The number of rotatable bonds is 0. The van der Waals surface area contributed by atoms with E-state index in [1.807, 2.05) is 0 Å². The maximum absolute atomic E-state index is 9.71. The molecule has 0 aromatic rings. The molecule has 0 radical (unpaired) electrons. The number of fused-ring (bicyclic) bond motifs is 1. The molecule has 0 saturated heterocycles. The summed E-state index contributed by atoms with van der Waals surface area (Å²) in [6.07, 6.45) is 6.10. The summed E-state index contributed by atoms with van der Waals surface area (Å²) in [7, 11) is 0. The van der Waals surface area contributed by atoms with Crippen molar-refractivity contribution in [2.45, 2.75) is 50.7 Å². The average molecular weight is 170 g/mol. The smallest absolute Gasteiger partial charge is 0.0573 e. The molecule has 2 aliphatic rings. The van der Waals surface area contributed by atoms with Crippen LogP contribution in [0.2, 0.25) is 0 Å². The van der Waals surface area contributed by atoms with Crippen molar-refractivity contribution >= 4 is 0 Å². The zero-order valence-electron chi connectivity index (χ0n) is 7.45. The lowest BCUT2D eigenvalue weighted by atomic mass is 9.68. The highest BCUT2D eigenvalue weighted by molar-refractivity contribution is 4.89. The molecule has 2 nitrogen and oxygen atoms in total. The Labute approximate surface area is 73.6 Å². The molecular weight excluding hydrogens is 152 g/mol. The highest BCUT2D eigenvalue weighted by Crippen LogP contribution is 2.40. The first-order valence-corrected chi connectivity index (χ1v) is 5.15. The Kier molecular flexibility index (Phi) is 2.37. The fraction of sp³-hybridized carbons (Fsp3) is 1.00. The molecular formula is C10H18O2. The van der Waals surface area contributed by atoms with E-state index in [0.717, 1.165) is 25.7 Å². The predicted molar refractivity (Wildman–Crippen MR) is 46.7 cm³/mol. The molecule has 0 heterocycles. The van der Waals surface area contributed by atoms with E-state index in [0.29, 0.717) is 11.8 Å². The third-order valence-corrected chi connectivity index (χ3v) is 3.62. The molecule has 2 saturated carbocycles. The Morgan fingerprint density at radius 2 is 1.08 bits per heavy atom. The first-order valence-electron chi connectivity index (χ1n) is 5.15. The van der Waals surface area contributed by atoms with Crippen LogP contribution in [0.25, 0.3) is 0 Å². The third kappa shape index (κ3) is 1.38. The zero-order valence-corrected chi connectivity index (χ0v) is 7.45. The summed E-state index contributed by atoms with van der Waals surface area (Å²) in [6, 6.07) is 0. The van der Waals surface area contributed by atoms with Crippen molar-refractivity contribution in [3.8, 4) is 0 Å². The monoisotopic (exact) mass is 170 g/mol. The molecule has 2 rings (SSSR count). The fourth-order valence-electron chi connectivity index (χ4n) is 2.91. The van der Waals surface area contributed by atoms with E-state index in [4.69, 9.17) is 0 Å². The molecule has 0 aromatic carbocycles. The summed E-state index contributed by atoms with van der Waals surface area (Å²) < 4.78 is 0. The first-order chi connectivity index (χ1) is 5.79.